The molecule has 1 saturated carbocycles. The van der Waals surface area contributed by atoms with Crippen LogP contribution in [0.3, 0.4) is 0 Å². The van der Waals surface area contributed by atoms with E-state index in [0.717, 1.165) is 19.4 Å². The zero-order valence-corrected chi connectivity index (χ0v) is 13.2. The third-order valence-corrected chi connectivity index (χ3v) is 5.15. The van der Waals surface area contributed by atoms with Crippen LogP contribution in [-0.4, -0.2) is 35.4 Å². The number of nitrogens with zero attached hydrogens (tertiary/aromatic N) is 2. The van der Waals surface area contributed by atoms with Crippen LogP contribution in [0.15, 0.2) is 12.3 Å². The van der Waals surface area contributed by atoms with E-state index in [0.29, 0.717) is 28.4 Å². The second-order valence-electron chi connectivity index (χ2n) is 6.05. The van der Waals surface area contributed by atoms with Gasteiger partial charge in [0.1, 0.15) is 5.82 Å². The molecule has 1 aromatic heterocycles. The minimum Gasteiger partial charge on any atom is -0.373 e. The Bertz CT molecular complexity index is 528. The molecule has 1 aliphatic heterocycles. The number of anilines is 1. The van der Waals surface area contributed by atoms with Gasteiger partial charge in [0.2, 0.25) is 0 Å². The van der Waals surface area contributed by atoms with Crippen molar-refractivity contribution in [2.24, 2.45) is 5.92 Å². The van der Waals surface area contributed by atoms with Crippen LogP contribution in [0.25, 0.3) is 0 Å². The van der Waals surface area contributed by atoms with E-state index >= 15 is 0 Å². The molecule has 0 spiro atoms. The molecular weight excluding hydrogens is 286 g/mol. The summed E-state index contributed by atoms with van der Waals surface area (Å²) in [6.45, 7) is 0.855. The number of aromatic nitrogens is 1. The van der Waals surface area contributed by atoms with Gasteiger partial charge >= 0.3 is 0 Å². The Morgan fingerprint density at radius 1 is 1.33 bits per heavy atom. The molecule has 1 unspecified atom stereocenters. The smallest absolute Gasteiger partial charge is 0.255 e. The molecule has 1 atom stereocenters. The quantitative estimate of drug-likeness (QED) is 0.928. The number of pyridine rings is 1. The molecule has 2 heterocycles. The van der Waals surface area contributed by atoms with Crippen molar-refractivity contribution in [3.8, 4) is 0 Å². The molecule has 2 aliphatic rings. The number of nitrogens with one attached hydrogen (secondary N) is 1. The number of carbonyl (C=O) groups excluding carboxylic acids is 1. The van der Waals surface area contributed by atoms with Gasteiger partial charge in [0.15, 0.2) is 0 Å². The maximum Gasteiger partial charge on any atom is 0.255 e. The molecule has 1 aromatic rings. The molecule has 0 radical (unpaired) electrons. The van der Waals surface area contributed by atoms with Crippen LogP contribution in [0, 0.1) is 5.92 Å². The molecule has 1 saturated heterocycles. The van der Waals surface area contributed by atoms with Crippen LogP contribution in [0.1, 0.15) is 48.9 Å². The lowest BCUT2D eigenvalue weighted by molar-refractivity contribution is 0.0689. The minimum atomic E-state index is 0.0632. The van der Waals surface area contributed by atoms with Crippen molar-refractivity contribution in [2.75, 3.05) is 18.9 Å². The summed E-state index contributed by atoms with van der Waals surface area (Å²) in [5, 5.41) is 3.41. The second-order valence-corrected chi connectivity index (χ2v) is 6.46. The fourth-order valence-electron chi connectivity index (χ4n) is 3.77. The van der Waals surface area contributed by atoms with E-state index in [4.69, 9.17) is 11.6 Å². The average Bonchev–Trinajstić information content (AvgIpc) is 3.17. The van der Waals surface area contributed by atoms with E-state index in [2.05, 4.69) is 15.2 Å². The first-order valence-electron chi connectivity index (χ1n) is 7.85. The fraction of sp³-hybridized carbons (Fsp3) is 0.625. The number of carbonyl (C=O) groups is 1. The van der Waals surface area contributed by atoms with E-state index in [9.17, 15) is 4.79 Å². The topological polar surface area (TPSA) is 45.2 Å². The van der Waals surface area contributed by atoms with Gasteiger partial charge in [-0.25, -0.2) is 4.98 Å². The minimum absolute atomic E-state index is 0.0632. The molecule has 0 aromatic carbocycles. The summed E-state index contributed by atoms with van der Waals surface area (Å²) in [4.78, 5) is 19.1. The first-order valence-corrected chi connectivity index (χ1v) is 8.23. The highest BCUT2D eigenvalue weighted by molar-refractivity contribution is 6.33. The van der Waals surface area contributed by atoms with E-state index in [-0.39, 0.29) is 5.91 Å². The van der Waals surface area contributed by atoms with Gasteiger partial charge in [0, 0.05) is 25.8 Å². The Morgan fingerprint density at radius 3 is 2.81 bits per heavy atom. The summed E-state index contributed by atoms with van der Waals surface area (Å²) < 4.78 is 0. The summed E-state index contributed by atoms with van der Waals surface area (Å²) in [5.41, 5.74) is 0.570. The number of amides is 1. The van der Waals surface area contributed by atoms with Gasteiger partial charge in [0.25, 0.3) is 5.91 Å². The summed E-state index contributed by atoms with van der Waals surface area (Å²) in [7, 11) is 1.79. The summed E-state index contributed by atoms with van der Waals surface area (Å²) in [6.07, 6.45) is 8.95. The maximum absolute atomic E-state index is 12.9. The van der Waals surface area contributed by atoms with Crippen molar-refractivity contribution >= 4 is 23.3 Å². The zero-order chi connectivity index (χ0) is 14.8. The van der Waals surface area contributed by atoms with E-state index < -0.39 is 0 Å². The van der Waals surface area contributed by atoms with Gasteiger partial charge in [-0.3, -0.25) is 4.79 Å². The zero-order valence-electron chi connectivity index (χ0n) is 12.4. The monoisotopic (exact) mass is 307 g/mol. The highest BCUT2D eigenvalue weighted by Gasteiger charge is 2.36. The van der Waals surface area contributed by atoms with Crippen LogP contribution in [0.2, 0.25) is 5.02 Å². The van der Waals surface area contributed by atoms with Crippen molar-refractivity contribution in [3.05, 3.63) is 22.8 Å². The van der Waals surface area contributed by atoms with Crippen LogP contribution in [0.4, 0.5) is 5.82 Å². The SMILES string of the molecule is CNc1cc(C(=O)N2CCCC2C2CCCC2)c(Cl)cn1. The lowest BCUT2D eigenvalue weighted by atomic mass is 9.95. The standard InChI is InChI=1S/C16H22ClN3O/c1-18-15-9-12(13(17)10-19-15)16(21)20-8-4-7-14(20)11-5-2-3-6-11/h9-11,14H,2-8H2,1H3,(H,18,19). The third-order valence-electron chi connectivity index (χ3n) is 4.85. The molecular formula is C16H22ClN3O. The Morgan fingerprint density at radius 2 is 2.10 bits per heavy atom. The van der Waals surface area contributed by atoms with E-state index in [1.807, 2.05) is 0 Å². The van der Waals surface area contributed by atoms with Crippen LogP contribution in [-0.2, 0) is 0 Å². The van der Waals surface area contributed by atoms with Crippen LogP contribution < -0.4 is 5.32 Å². The van der Waals surface area contributed by atoms with Crippen molar-refractivity contribution in [2.45, 2.75) is 44.6 Å². The predicted octanol–water partition coefficient (Wildman–Crippen LogP) is 3.57. The number of hydrogen-bond acceptors (Lipinski definition) is 3. The van der Waals surface area contributed by atoms with Crippen LogP contribution in [0.5, 0.6) is 0 Å². The summed E-state index contributed by atoms with van der Waals surface area (Å²) in [5.74, 6) is 1.42. The number of halogens is 1. The van der Waals surface area contributed by atoms with Crippen molar-refractivity contribution in [1.29, 1.82) is 0 Å². The van der Waals surface area contributed by atoms with E-state index in [1.165, 1.54) is 25.7 Å². The molecule has 1 aliphatic carbocycles. The third kappa shape index (κ3) is 2.86. The molecule has 0 bridgehead atoms. The predicted molar refractivity (Wildman–Crippen MR) is 84.8 cm³/mol. The van der Waals surface area contributed by atoms with Gasteiger partial charge in [-0.2, -0.15) is 0 Å². The lowest BCUT2D eigenvalue weighted by Gasteiger charge is -2.29. The molecule has 4 nitrogen and oxygen atoms in total. The van der Waals surface area contributed by atoms with Gasteiger partial charge in [-0.15, -0.1) is 0 Å². The first kappa shape index (κ1) is 14.6. The highest BCUT2D eigenvalue weighted by Crippen LogP contribution is 2.36. The van der Waals surface area contributed by atoms with Crippen LogP contribution >= 0.6 is 11.6 Å². The molecule has 114 valence electrons. The Balaban J connectivity index is 1.83. The van der Waals surface area contributed by atoms with Crippen molar-refractivity contribution in [1.82, 2.24) is 9.88 Å². The molecule has 2 fully saturated rings. The molecule has 1 N–H and O–H groups in total. The normalized spacial score (nSPS) is 22.8. The fourth-order valence-corrected chi connectivity index (χ4v) is 3.96. The molecule has 5 heteroatoms. The first-order chi connectivity index (χ1) is 10.2. The van der Waals surface area contributed by atoms with Crippen molar-refractivity contribution in [3.63, 3.8) is 0 Å². The van der Waals surface area contributed by atoms with Crippen molar-refractivity contribution < 1.29 is 4.79 Å². The maximum atomic E-state index is 12.9. The van der Waals surface area contributed by atoms with Gasteiger partial charge < -0.3 is 10.2 Å². The lowest BCUT2D eigenvalue weighted by Crippen LogP contribution is -2.39. The van der Waals surface area contributed by atoms with Gasteiger partial charge in [0.05, 0.1) is 10.6 Å². The van der Waals surface area contributed by atoms with Gasteiger partial charge in [-0.05, 0) is 37.7 Å². The Hall–Kier alpha value is -1.29. The largest absolute Gasteiger partial charge is 0.373 e. The van der Waals surface area contributed by atoms with Gasteiger partial charge in [-0.1, -0.05) is 24.4 Å². The molecule has 1 amide bonds. The highest BCUT2D eigenvalue weighted by atomic mass is 35.5. The number of rotatable bonds is 3. The second kappa shape index (κ2) is 6.22. The molecule has 21 heavy (non-hydrogen) atoms. The Kier molecular flexibility index (Phi) is 4.34. The number of likely N-dealkylation sites (tertiary alicyclic amines) is 1. The van der Waals surface area contributed by atoms with E-state index in [1.54, 1.807) is 19.3 Å². The summed E-state index contributed by atoms with van der Waals surface area (Å²) in [6, 6.07) is 2.16. The summed E-state index contributed by atoms with van der Waals surface area (Å²) >= 11 is 6.20. The molecule has 3 rings (SSSR count). The average molecular weight is 308 g/mol. The number of hydrogen-bond donors (Lipinski definition) is 1. The Labute approximate surface area is 130 Å².